The van der Waals surface area contributed by atoms with Gasteiger partial charge in [-0.1, -0.05) is 12.1 Å². The molecule has 0 saturated heterocycles. The van der Waals surface area contributed by atoms with Crippen LogP contribution in [0.5, 0.6) is 23.0 Å². The first-order valence-corrected chi connectivity index (χ1v) is 13.6. The Kier molecular flexibility index (Phi) is 8.83. The van der Waals surface area contributed by atoms with Crippen molar-refractivity contribution in [3.63, 3.8) is 0 Å². The number of fused-ring (bicyclic) bond motifs is 1. The van der Waals surface area contributed by atoms with Crippen LogP contribution in [-0.4, -0.2) is 57.2 Å². The third-order valence-corrected chi connectivity index (χ3v) is 6.81. The topological polar surface area (TPSA) is 115 Å². The molecule has 3 aromatic rings. The molecule has 1 atom stereocenters. The van der Waals surface area contributed by atoms with Gasteiger partial charge in [0.05, 0.1) is 25.6 Å². The molecule has 0 spiro atoms. The number of benzene rings is 2. The lowest BCUT2D eigenvalue weighted by atomic mass is 10.00. The Labute approximate surface area is 237 Å². The summed E-state index contributed by atoms with van der Waals surface area (Å²) in [7, 11) is 3.01. The number of ether oxygens (including phenoxy) is 4. The Morgan fingerprint density at radius 3 is 2.35 bits per heavy atom. The van der Waals surface area contributed by atoms with E-state index in [0.717, 1.165) is 0 Å². The molecule has 0 fully saturated rings. The van der Waals surface area contributed by atoms with Crippen molar-refractivity contribution in [3.8, 4) is 23.0 Å². The summed E-state index contributed by atoms with van der Waals surface area (Å²) in [5, 5.41) is 7.45. The standard InChI is InChI=1S/C29H33N3O7S/c1-29(2,3)31-28(35)26(18-8-10-20(36-4)22(15-18)37-5)32(19-9-11-21-23(16-19)39-13-12-38-21)25(33)17-30-27(34)24-7-6-14-40-24/h6-11,14-16,26H,12-13,17H2,1-5H3,(H,30,34)(H,31,35)/t26-/m1/s1. The molecule has 0 radical (unpaired) electrons. The molecule has 2 aromatic carbocycles. The molecular weight excluding hydrogens is 534 g/mol. The van der Waals surface area contributed by atoms with E-state index in [-0.39, 0.29) is 12.5 Å². The molecule has 0 aliphatic carbocycles. The van der Waals surface area contributed by atoms with Crippen LogP contribution in [0.1, 0.15) is 42.0 Å². The van der Waals surface area contributed by atoms with E-state index >= 15 is 0 Å². The number of nitrogens with one attached hydrogen (secondary N) is 2. The third kappa shape index (κ3) is 6.66. The number of hydrogen-bond acceptors (Lipinski definition) is 8. The predicted octanol–water partition coefficient (Wildman–Crippen LogP) is 3.96. The second-order valence-electron chi connectivity index (χ2n) is 10.0. The van der Waals surface area contributed by atoms with Gasteiger partial charge in [-0.25, -0.2) is 0 Å². The molecular formula is C29H33N3O7S. The smallest absolute Gasteiger partial charge is 0.261 e. The maximum Gasteiger partial charge on any atom is 0.261 e. The summed E-state index contributed by atoms with van der Waals surface area (Å²) in [5.41, 5.74) is 0.275. The van der Waals surface area contributed by atoms with E-state index in [0.29, 0.717) is 52.3 Å². The summed E-state index contributed by atoms with van der Waals surface area (Å²) >= 11 is 1.27. The van der Waals surface area contributed by atoms with Crippen molar-refractivity contribution in [2.75, 3.05) is 38.9 Å². The minimum absolute atomic E-state index is 0.349. The van der Waals surface area contributed by atoms with Crippen LogP contribution in [0.4, 0.5) is 5.69 Å². The number of rotatable bonds is 9. The lowest BCUT2D eigenvalue weighted by molar-refractivity contribution is -0.127. The Bertz CT molecular complexity index is 1370. The van der Waals surface area contributed by atoms with Crippen LogP contribution in [0, 0.1) is 0 Å². The van der Waals surface area contributed by atoms with Crippen molar-refractivity contribution in [3.05, 3.63) is 64.4 Å². The van der Waals surface area contributed by atoms with Gasteiger partial charge < -0.3 is 29.6 Å². The maximum absolute atomic E-state index is 14.0. The lowest BCUT2D eigenvalue weighted by Crippen LogP contribution is -2.51. The summed E-state index contributed by atoms with van der Waals surface area (Å²) in [6, 6.07) is 12.4. The van der Waals surface area contributed by atoms with Gasteiger partial charge in [-0.05, 0) is 62.0 Å². The van der Waals surface area contributed by atoms with E-state index < -0.39 is 23.4 Å². The number of carbonyl (C=O) groups excluding carboxylic acids is 3. The molecule has 1 aliphatic rings. The second kappa shape index (κ2) is 12.3. The third-order valence-electron chi connectivity index (χ3n) is 5.95. The Morgan fingerprint density at radius 1 is 0.975 bits per heavy atom. The highest BCUT2D eigenvalue weighted by Crippen LogP contribution is 2.39. The molecule has 1 aliphatic heterocycles. The first-order chi connectivity index (χ1) is 19.1. The molecule has 0 bridgehead atoms. The number of hydrogen-bond donors (Lipinski definition) is 2. The van der Waals surface area contributed by atoms with E-state index in [9.17, 15) is 14.4 Å². The molecule has 212 valence electrons. The number of carbonyl (C=O) groups is 3. The number of methoxy groups -OCH3 is 2. The van der Waals surface area contributed by atoms with Crippen molar-refractivity contribution >= 4 is 34.7 Å². The van der Waals surface area contributed by atoms with Crippen LogP contribution in [0.15, 0.2) is 53.9 Å². The van der Waals surface area contributed by atoms with Crippen LogP contribution < -0.4 is 34.5 Å². The zero-order valence-electron chi connectivity index (χ0n) is 23.1. The predicted molar refractivity (Wildman–Crippen MR) is 152 cm³/mol. The van der Waals surface area contributed by atoms with E-state index in [1.807, 2.05) is 20.8 Å². The van der Waals surface area contributed by atoms with E-state index in [4.69, 9.17) is 18.9 Å². The summed E-state index contributed by atoms with van der Waals surface area (Å²) in [6.07, 6.45) is 0. The molecule has 11 heteroatoms. The molecule has 40 heavy (non-hydrogen) atoms. The van der Waals surface area contributed by atoms with Gasteiger partial charge in [-0.15, -0.1) is 11.3 Å². The fourth-order valence-electron chi connectivity index (χ4n) is 4.23. The molecule has 0 unspecified atom stereocenters. The minimum Gasteiger partial charge on any atom is -0.493 e. The average Bonchev–Trinajstić information content (AvgIpc) is 3.48. The van der Waals surface area contributed by atoms with Gasteiger partial charge in [-0.3, -0.25) is 19.3 Å². The first-order valence-electron chi connectivity index (χ1n) is 12.7. The summed E-state index contributed by atoms with van der Waals surface area (Å²) in [5.74, 6) is 0.544. The van der Waals surface area contributed by atoms with Crippen LogP contribution in [0.2, 0.25) is 0 Å². The highest BCUT2D eigenvalue weighted by Gasteiger charge is 2.36. The Hall–Kier alpha value is -4.25. The largest absolute Gasteiger partial charge is 0.493 e. The Morgan fingerprint density at radius 2 is 1.70 bits per heavy atom. The minimum atomic E-state index is -1.13. The number of anilines is 1. The quantitative estimate of drug-likeness (QED) is 0.402. The molecule has 4 rings (SSSR count). The zero-order valence-corrected chi connectivity index (χ0v) is 23.9. The van der Waals surface area contributed by atoms with E-state index in [1.165, 1.54) is 30.5 Å². The van der Waals surface area contributed by atoms with E-state index in [2.05, 4.69) is 10.6 Å². The molecule has 10 nitrogen and oxygen atoms in total. The molecule has 2 N–H and O–H groups in total. The van der Waals surface area contributed by atoms with Crippen molar-refractivity contribution in [2.24, 2.45) is 0 Å². The van der Waals surface area contributed by atoms with Crippen molar-refractivity contribution in [2.45, 2.75) is 32.4 Å². The highest BCUT2D eigenvalue weighted by atomic mass is 32.1. The summed E-state index contributed by atoms with van der Waals surface area (Å²) in [6.45, 7) is 5.98. The number of nitrogens with zero attached hydrogens (tertiary/aromatic N) is 1. The van der Waals surface area contributed by atoms with Gasteiger partial charge in [-0.2, -0.15) is 0 Å². The maximum atomic E-state index is 14.0. The molecule has 0 saturated carbocycles. The molecule has 1 aromatic heterocycles. The fourth-order valence-corrected chi connectivity index (χ4v) is 4.87. The highest BCUT2D eigenvalue weighted by molar-refractivity contribution is 7.12. The number of amides is 3. The van der Waals surface area contributed by atoms with Crippen molar-refractivity contribution in [1.82, 2.24) is 10.6 Å². The monoisotopic (exact) mass is 567 g/mol. The SMILES string of the molecule is COc1ccc([C@H](C(=O)NC(C)(C)C)N(C(=O)CNC(=O)c2cccs2)c2ccc3c(c2)OCCO3)cc1OC. The zero-order chi connectivity index (χ0) is 28.9. The number of thiophene rings is 1. The van der Waals surface area contributed by atoms with Gasteiger partial charge in [0.2, 0.25) is 11.8 Å². The van der Waals surface area contributed by atoms with Crippen molar-refractivity contribution in [1.29, 1.82) is 0 Å². The normalized spacial score (nSPS) is 13.1. The van der Waals surface area contributed by atoms with Gasteiger partial charge in [0.15, 0.2) is 23.0 Å². The van der Waals surface area contributed by atoms with Crippen LogP contribution in [0.3, 0.4) is 0 Å². The summed E-state index contributed by atoms with van der Waals surface area (Å²) in [4.78, 5) is 42.4. The summed E-state index contributed by atoms with van der Waals surface area (Å²) < 4.78 is 22.3. The van der Waals surface area contributed by atoms with Crippen LogP contribution >= 0.6 is 11.3 Å². The van der Waals surface area contributed by atoms with Gasteiger partial charge in [0.1, 0.15) is 19.3 Å². The second-order valence-corrected chi connectivity index (χ2v) is 11.0. The van der Waals surface area contributed by atoms with E-state index in [1.54, 1.807) is 53.9 Å². The van der Waals surface area contributed by atoms with Gasteiger partial charge in [0, 0.05) is 17.3 Å². The fraction of sp³-hybridized carbons (Fsp3) is 0.345. The average molecular weight is 568 g/mol. The van der Waals surface area contributed by atoms with Crippen LogP contribution in [-0.2, 0) is 9.59 Å². The van der Waals surface area contributed by atoms with Gasteiger partial charge >= 0.3 is 0 Å². The molecule has 2 heterocycles. The molecule has 3 amide bonds. The van der Waals surface area contributed by atoms with Gasteiger partial charge in [0.25, 0.3) is 5.91 Å². The Balaban J connectivity index is 1.80. The lowest BCUT2D eigenvalue weighted by Gasteiger charge is -2.34. The van der Waals surface area contributed by atoms with Crippen LogP contribution in [0.25, 0.3) is 0 Å². The van der Waals surface area contributed by atoms with Crippen molar-refractivity contribution < 1.29 is 33.3 Å². The first kappa shape index (κ1) is 28.8.